The highest BCUT2D eigenvalue weighted by Gasteiger charge is 2.28. The molecule has 1 unspecified atom stereocenters. The molecule has 2 rings (SSSR count). The maximum Gasteiger partial charge on any atom is 0.243 e. The first kappa shape index (κ1) is 20.8. The van der Waals surface area contributed by atoms with E-state index in [2.05, 4.69) is 5.32 Å². The van der Waals surface area contributed by atoms with Gasteiger partial charge in [-0.1, -0.05) is 35.9 Å². The van der Waals surface area contributed by atoms with Gasteiger partial charge in [0.25, 0.3) is 0 Å². The van der Waals surface area contributed by atoms with E-state index in [1.165, 1.54) is 0 Å². The van der Waals surface area contributed by atoms with Crippen molar-refractivity contribution in [1.82, 2.24) is 5.32 Å². The van der Waals surface area contributed by atoms with Crippen LogP contribution in [0.25, 0.3) is 0 Å². The van der Waals surface area contributed by atoms with E-state index in [4.69, 9.17) is 4.74 Å². The fourth-order valence-corrected chi connectivity index (χ4v) is 4.00. The number of rotatable bonds is 8. The number of amides is 1. The molecule has 0 bridgehead atoms. The maximum atomic E-state index is 12.5. The van der Waals surface area contributed by atoms with Crippen molar-refractivity contribution >= 4 is 21.6 Å². The Morgan fingerprint density at radius 3 is 2.41 bits per heavy atom. The van der Waals surface area contributed by atoms with Crippen LogP contribution in [0.15, 0.2) is 48.5 Å². The van der Waals surface area contributed by atoms with Crippen LogP contribution >= 0.6 is 0 Å². The third-order valence-corrected chi connectivity index (χ3v) is 5.33. The standard InChI is InChI=1S/C20H26N2O4S/c1-15-10-11-19(16(2)14-15)26-13-12-21-20(23)17(3)22(27(4,24)25)18-8-6-5-7-9-18/h5-11,14,17H,12-13H2,1-4H3,(H,21,23). The molecule has 1 amide bonds. The number of nitrogens with zero attached hydrogens (tertiary/aromatic N) is 1. The van der Waals surface area contributed by atoms with Crippen LogP contribution in [0.1, 0.15) is 18.1 Å². The molecular formula is C20H26N2O4S. The average Bonchev–Trinajstić information content (AvgIpc) is 2.59. The third-order valence-electron chi connectivity index (χ3n) is 4.09. The lowest BCUT2D eigenvalue weighted by Crippen LogP contribution is -2.48. The summed E-state index contributed by atoms with van der Waals surface area (Å²) in [6.45, 7) is 6.12. The van der Waals surface area contributed by atoms with Crippen LogP contribution in [-0.4, -0.2) is 39.8 Å². The Balaban J connectivity index is 1.95. The van der Waals surface area contributed by atoms with Gasteiger partial charge in [-0.25, -0.2) is 8.42 Å². The van der Waals surface area contributed by atoms with Crippen molar-refractivity contribution in [2.75, 3.05) is 23.7 Å². The molecule has 0 aliphatic rings. The summed E-state index contributed by atoms with van der Waals surface area (Å²) < 4.78 is 31.2. The molecule has 0 heterocycles. The number of anilines is 1. The molecule has 0 aromatic heterocycles. The first-order valence-electron chi connectivity index (χ1n) is 8.72. The van der Waals surface area contributed by atoms with E-state index in [1.807, 2.05) is 32.0 Å². The molecular weight excluding hydrogens is 364 g/mol. The van der Waals surface area contributed by atoms with Crippen molar-refractivity contribution in [3.8, 4) is 5.75 Å². The van der Waals surface area contributed by atoms with E-state index in [-0.39, 0.29) is 12.5 Å². The summed E-state index contributed by atoms with van der Waals surface area (Å²) in [6.07, 6.45) is 1.09. The molecule has 0 saturated heterocycles. The molecule has 7 heteroatoms. The van der Waals surface area contributed by atoms with Crippen molar-refractivity contribution in [3.63, 3.8) is 0 Å². The monoisotopic (exact) mass is 390 g/mol. The van der Waals surface area contributed by atoms with Crippen molar-refractivity contribution in [3.05, 3.63) is 59.7 Å². The van der Waals surface area contributed by atoms with Gasteiger partial charge >= 0.3 is 0 Å². The molecule has 2 aromatic rings. The smallest absolute Gasteiger partial charge is 0.243 e. The van der Waals surface area contributed by atoms with Gasteiger partial charge in [-0.3, -0.25) is 9.10 Å². The van der Waals surface area contributed by atoms with Gasteiger partial charge in [-0.2, -0.15) is 0 Å². The summed E-state index contributed by atoms with van der Waals surface area (Å²) in [5, 5.41) is 2.74. The second kappa shape index (κ2) is 8.90. The van der Waals surface area contributed by atoms with Crippen LogP contribution in [0.3, 0.4) is 0 Å². The summed E-state index contributed by atoms with van der Waals surface area (Å²) in [5.41, 5.74) is 2.64. The lowest BCUT2D eigenvalue weighted by molar-refractivity contribution is -0.121. The van der Waals surface area contributed by atoms with Crippen molar-refractivity contribution in [2.45, 2.75) is 26.8 Å². The van der Waals surface area contributed by atoms with E-state index in [0.29, 0.717) is 12.3 Å². The zero-order valence-corrected chi connectivity index (χ0v) is 16.9. The Kier molecular flexibility index (Phi) is 6.85. The van der Waals surface area contributed by atoms with E-state index in [1.54, 1.807) is 37.3 Å². The van der Waals surface area contributed by atoms with E-state index >= 15 is 0 Å². The van der Waals surface area contributed by atoms with E-state index < -0.39 is 16.1 Å². The molecule has 1 N–H and O–H groups in total. The van der Waals surface area contributed by atoms with Gasteiger partial charge in [-0.15, -0.1) is 0 Å². The molecule has 0 aliphatic heterocycles. The summed E-state index contributed by atoms with van der Waals surface area (Å²) >= 11 is 0. The number of nitrogens with one attached hydrogen (secondary N) is 1. The summed E-state index contributed by atoms with van der Waals surface area (Å²) in [7, 11) is -3.60. The molecule has 0 radical (unpaired) electrons. The van der Waals surface area contributed by atoms with Gasteiger partial charge < -0.3 is 10.1 Å². The highest BCUT2D eigenvalue weighted by atomic mass is 32.2. The van der Waals surface area contributed by atoms with Gasteiger partial charge in [0.05, 0.1) is 18.5 Å². The molecule has 146 valence electrons. The number of para-hydroxylation sites is 1. The quantitative estimate of drug-likeness (QED) is 0.703. The average molecular weight is 391 g/mol. The van der Waals surface area contributed by atoms with Crippen molar-refractivity contribution in [2.24, 2.45) is 0 Å². The van der Waals surface area contributed by atoms with Gasteiger partial charge in [0.15, 0.2) is 0 Å². The Bertz CT molecular complexity index is 882. The predicted molar refractivity (Wildman–Crippen MR) is 108 cm³/mol. The second-order valence-corrected chi connectivity index (χ2v) is 8.34. The largest absolute Gasteiger partial charge is 0.491 e. The Morgan fingerprint density at radius 2 is 1.81 bits per heavy atom. The van der Waals surface area contributed by atoms with Gasteiger partial charge in [0.1, 0.15) is 18.4 Å². The van der Waals surface area contributed by atoms with Crippen LogP contribution < -0.4 is 14.4 Å². The third kappa shape index (κ3) is 5.72. The molecule has 0 saturated carbocycles. The lowest BCUT2D eigenvalue weighted by Gasteiger charge is -2.28. The number of aryl methyl sites for hydroxylation is 2. The highest BCUT2D eigenvalue weighted by Crippen LogP contribution is 2.20. The minimum atomic E-state index is -3.60. The van der Waals surface area contributed by atoms with Crippen molar-refractivity contribution < 1.29 is 17.9 Å². The fraction of sp³-hybridized carbons (Fsp3) is 0.350. The number of hydrogen-bond acceptors (Lipinski definition) is 4. The Hall–Kier alpha value is -2.54. The highest BCUT2D eigenvalue weighted by molar-refractivity contribution is 7.92. The first-order valence-corrected chi connectivity index (χ1v) is 10.6. The summed E-state index contributed by atoms with van der Waals surface area (Å²) in [6, 6.07) is 13.6. The number of carbonyl (C=O) groups is 1. The normalized spacial score (nSPS) is 12.3. The van der Waals surface area contributed by atoms with Gasteiger partial charge in [0.2, 0.25) is 15.9 Å². The van der Waals surface area contributed by atoms with E-state index in [0.717, 1.165) is 27.4 Å². The minimum absolute atomic E-state index is 0.281. The fourth-order valence-electron chi connectivity index (χ4n) is 2.83. The number of carbonyl (C=O) groups excluding carboxylic acids is 1. The number of benzene rings is 2. The van der Waals surface area contributed by atoms with Crippen LogP contribution in [-0.2, 0) is 14.8 Å². The van der Waals surface area contributed by atoms with Crippen LogP contribution in [0.5, 0.6) is 5.75 Å². The summed E-state index contributed by atoms with van der Waals surface area (Å²) in [4.78, 5) is 12.5. The zero-order chi connectivity index (χ0) is 20.0. The van der Waals surface area contributed by atoms with Gasteiger partial charge in [-0.05, 0) is 44.5 Å². The number of hydrogen-bond donors (Lipinski definition) is 1. The SMILES string of the molecule is Cc1ccc(OCCNC(=O)C(C)N(c2ccccc2)S(C)(=O)=O)c(C)c1. The minimum Gasteiger partial charge on any atom is -0.491 e. The Labute approximate surface area is 161 Å². The topological polar surface area (TPSA) is 75.7 Å². The molecule has 1 atom stereocenters. The van der Waals surface area contributed by atoms with Crippen LogP contribution in [0.2, 0.25) is 0 Å². The second-order valence-electron chi connectivity index (χ2n) is 6.48. The maximum absolute atomic E-state index is 12.5. The van der Waals surface area contributed by atoms with Gasteiger partial charge in [0, 0.05) is 0 Å². The lowest BCUT2D eigenvalue weighted by atomic mass is 10.1. The van der Waals surface area contributed by atoms with Crippen molar-refractivity contribution in [1.29, 1.82) is 0 Å². The van der Waals surface area contributed by atoms with Crippen LogP contribution in [0.4, 0.5) is 5.69 Å². The number of sulfonamides is 1. The molecule has 0 aliphatic carbocycles. The zero-order valence-electron chi connectivity index (χ0n) is 16.1. The first-order chi connectivity index (χ1) is 12.7. The predicted octanol–water partition coefficient (Wildman–Crippen LogP) is 2.65. The molecule has 6 nitrogen and oxygen atoms in total. The molecule has 0 fully saturated rings. The molecule has 0 spiro atoms. The summed E-state index contributed by atoms with van der Waals surface area (Å²) in [5.74, 6) is 0.387. The van der Waals surface area contributed by atoms with Crippen LogP contribution in [0, 0.1) is 13.8 Å². The number of ether oxygens (including phenoxy) is 1. The van der Waals surface area contributed by atoms with E-state index in [9.17, 15) is 13.2 Å². The molecule has 2 aromatic carbocycles. The molecule has 27 heavy (non-hydrogen) atoms. The Morgan fingerprint density at radius 1 is 1.15 bits per heavy atom.